The number of rotatable bonds is 4. The Bertz CT molecular complexity index is 494. The fourth-order valence-corrected chi connectivity index (χ4v) is 2.20. The zero-order valence-corrected chi connectivity index (χ0v) is 12.5. The number of hydrogen-bond acceptors (Lipinski definition) is 3. The highest BCUT2D eigenvalue weighted by Crippen LogP contribution is 2.36. The van der Waals surface area contributed by atoms with Gasteiger partial charge in [0.15, 0.2) is 0 Å². The Morgan fingerprint density at radius 2 is 1.70 bits per heavy atom. The van der Waals surface area contributed by atoms with E-state index in [9.17, 15) is 4.79 Å². The molecule has 1 aromatic rings. The second-order valence-electron chi connectivity index (χ2n) is 6.18. The third kappa shape index (κ3) is 2.89. The first kappa shape index (κ1) is 15.1. The molecule has 5 heteroatoms. The first-order valence-corrected chi connectivity index (χ1v) is 6.88. The van der Waals surface area contributed by atoms with Crippen molar-refractivity contribution in [2.45, 2.75) is 51.7 Å². The van der Waals surface area contributed by atoms with Crippen LogP contribution in [0.15, 0.2) is 24.3 Å². The van der Waals surface area contributed by atoms with Gasteiger partial charge in [0.05, 0.1) is 11.2 Å². The molecule has 1 heterocycles. The lowest BCUT2D eigenvalue weighted by Crippen LogP contribution is -2.41. The van der Waals surface area contributed by atoms with Crippen LogP contribution in [-0.2, 0) is 20.5 Å². The number of hydrogen-bond donors (Lipinski definition) is 1. The predicted octanol–water partition coefficient (Wildman–Crippen LogP) is 2.00. The molecule has 0 amide bonds. The molecule has 2 rings (SSSR count). The maximum Gasteiger partial charge on any atom is 0.495 e. The van der Waals surface area contributed by atoms with Crippen LogP contribution in [0.5, 0.6) is 0 Å². The van der Waals surface area contributed by atoms with Crippen molar-refractivity contribution in [1.29, 1.82) is 0 Å². The van der Waals surface area contributed by atoms with E-state index in [1.807, 2.05) is 52.0 Å². The SMILES string of the molecule is CC1(C)OB(c2ccccc2CCC(=O)O)OC1(C)C. The van der Waals surface area contributed by atoms with Crippen LogP contribution in [0.3, 0.4) is 0 Å². The molecule has 0 aromatic heterocycles. The predicted molar refractivity (Wildman–Crippen MR) is 78.1 cm³/mol. The van der Waals surface area contributed by atoms with Gasteiger partial charge in [-0.1, -0.05) is 24.3 Å². The van der Waals surface area contributed by atoms with Crippen LogP contribution < -0.4 is 5.46 Å². The molecule has 0 radical (unpaired) electrons. The normalized spacial score (nSPS) is 20.1. The molecule has 20 heavy (non-hydrogen) atoms. The Morgan fingerprint density at radius 1 is 1.15 bits per heavy atom. The lowest BCUT2D eigenvalue weighted by molar-refractivity contribution is -0.136. The van der Waals surface area contributed by atoms with E-state index in [2.05, 4.69) is 0 Å². The summed E-state index contributed by atoms with van der Waals surface area (Å²) in [6.45, 7) is 8.03. The quantitative estimate of drug-likeness (QED) is 0.855. The van der Waals surface area contributed by atoms with Crippen LogP contribution in [0.1, 0.15) is 39.7 Å². The number of aliphatic carboxylic acids is 1. The Labute approximate surface area is 120 Å². The number of aryl methyl sites for hydroxylation is 1. The highest BCUT2D eigenvalue weighted by molar-refractivity contribution is 6.62. The summed E-state index contributed by atoms with van der Waals surface area (Å²) >= 11 is 0. The summed E-state index contributed by atoms with van der Waals surface area (Å²) in [5, 5.41) is 8.83. The van der Waals surface area contributed by atoms with Crippen LogP contribution in [0.25, 0.3) is 0 Å². The lowest BCUT2D eigenvalue weighted by Gasteiger charge is -2.32. The van der Waals surface area contributed by atoms with Gasteiger partial charge in [-0.05, 0) is 45.1 Å². The van der Waals surface area contributed by atoms with Gasteiger partial charge < -0.3 is 14.4 Å². The van der Waals surface area contributed by atoms with Gasteiger partial charge in [-0.25, -0.2) is 0 Å². The summed E-state index contributed by atoms with van der Waals surface area (Å²) in [5.41, 5.74) is 1.11. The Hall–Kier alpha value is -1.33. The summed E-state index contributed by atoms with van der Waals surface area (Å²) in [7, 11) is -0.440. The van der Waals surface area contributed by atoms with E-state index < -0.39 is 24.3 Å². The number of carbonyl (C=O) groups is 1. The zero-order valence-electron chi connectivity index (χ0n) is 12.5. The van der Waals surface area contributed by atoms with E-state index in [-0.39, 0.29) is 6.42 Å². The first-order valence-electron chi connectivity index (χ1n) is 6.88. The molecule has 4 nitrogen and oxygen atoms in total. The molecule has 108 valence electrons. The van der Waals surface area contributed by atoms with Crippen LogP contribution in [-0.4, -0.2) is 29.4 Å². The smallest absolute Gasteiger partial charge is 0.481 e. The molecule has 0 saturated carbocycles. The summed E-state index contributed by atoms with van der Waals surface area (Å²) in [4.78, 5) is 10.7. The maximum absolute atomic E-state index is 10.7. The van der Waals surface area contributed by atoms with Gasteiger partial charge in [-0.2, -0.15) is 0 Å². The molecular weight excluding hydrogens is 255 g/mol. The molecule has 1 aliphatic heterocycles. The molecule has 0 atom stereocenters. The van der Waals surface area contributed by atoms with Gasteiger partial charge in [0, 0.05) is 6.42 Å². The van der Waals surface area contributed by atoms with Gasteiger partial charge >= 0.3 is 13.1 Å². The minimum Gasteiger partial charge on any atom is -0.481 e. The average Bonchev–Trinajstić information content (AvgIpc) is 2.56. The van der Waals surface area contributed by atoms with Crippen molar-refractivity contribution in [3.8, 4) is 0 Å². The molecule has 0 bridgehead atoms. The second kappa shape index (κ2) is 5.22. The van der Waals surface area contributed by atoms with Gasteiger partial charge in [-0.3, -0.25) is 4.79 Å². The molecule has 1 aliphatic rings. The maximum atomic E-state index is 10.7. The summed E-state index contributed by atoms with van der Waals surface area (Å²) < 4.78 is 12.1. The fourth-order valence-electron chi connectivity index (χ4n) is 2.20. The third-order valence-electron chi connectivity index (χ3n) is 4.17. The van der Waals surface area contributed by atoms with E-state index >= 15 is 0 Å². The van der Waals surface area contributed by atoms with Gasteiger partial charge in [-0.15, -0.1) is 0 Å². The third-order valence-corrected chi connectivity index (χ3v) is 4.17. The highest BCUT2D eigenvalue weighted by Gasteiger charge is 2.52. The van der Waals surface area contributed by atoms with Crippen LogP contribution in [0.2, 0.25) is 0 Å². The minimum atomic E-state index is -0.797. The topological polar surface area (TPSA) is 55.8 Å². The molecule has 0 aliphatic carbocycles. The average molecular weight is 276 g/mol. The lowest BCUT2D eigenvalue weighted by atomic mass is 9.75. The number of benzene rings is 1. The molecule has 0 spiro atoms. The summed E-state index contributed by atoms with van der Waals surface area (Å²) in [6.07, 6.45) is 0.589. The fraction of sp³-hybridized carbons (Fsp3) is 0.533. The molecular formula is C15H21BO4. The Kier molecular flexibility index (Phi) is 3.94. The summed E-state index contributed by atoms with van der Waals surface area (Å²) in [5.74, 6) is -0.797. The van der Waals surface area contributed by atoms with Crippen molar-refractivity contribution in [2.75, 3.05) is 0 Å². The van der Waals surface area contributed by atoms with Crippen molar-refractivity contribution in [2.24, 2.45) is 0 Å². The minimum absolute atomic E-state index is 0.108. The molecule has 1 fully saturated rings. The largest absolute Gasteiger partial charge is 0.495 e. The molecule has 1 saturated heterocycles. The van der Waals surface area contributed by atoms with Crippen LogP contribution >= 0.6 is 0 Å². The number of carboxylic acids is 1. The van der Waals surface area contributed by atoms with E-state index in [1.54, 1.807) is 0 Å². The van der Waals surface area contributed by atoms with Gasteiger partial charge in [0.1, 0.15) is 0 Å². The van der Waals surface area contributed by atoms with Gasteiger partial charge in [0.2, 0.25) is 0 Å². The Balaban J connectivity index is 2.24. The van der Waals surface area contributed by atoms with Gasteiger partial charge in [0.25, 0.3) is 0 Å². The van der Waals surface area contributed by atoms with Crippen molar-refractivity contribution in [3.05, 3.63) is 29.8 Å². The van der Waals surface area contributed by atoms with Crippen LogP contribution in [0.4, 0.5) is 0 Å². The van der Waals surface area contributed by atoms with E-state index in [1.165, 1.54) is 0 Å². The molecule has 1 aromatic carbocycles. The first-order chi connectivity index (χ1) is 9.23. The van der Waals surface area contributed by atoms with Crippen molar-refractivity contribution < 1.29 is 19.2 Å². The van der Waals surface area contributed by atoms with E-state index in [0.29, 0.717) is 6.42 Å². The van der Waals surface area contributed by atoms with Crippen molar-refractivity contribution >= 4 is 18.6 Å². The van der Waals surface area contributed by atoms with Crippen LogP contribution in [0, 0.1) is 0 Å². The molecule has 0 unspecified atom stereocenters. The van der Waals surface area contributed by atoms with Crippen molar-refractivity contribution in [3.63, 3.8) is 0 Å². The Morgan fingerprint density at radius 3 is 2.25 bits per heavy atom. The van der Waals surface area contributed by atoms with Crippen molar-refractivity contribution in [1.82, 2.24) is 0 Å². The highest BCUT2D eigenvalue weighted by atomic mass is 16.7. The standard InChI is InChI=1S/C15H21BO4/c1-14(2)15(3,4)20-16(19-14)12-8-6-5-7-11(12)9-10-13(17)18/h5-8H,9-10H2,1-4H3,(H,17,18). The van der Waals surface area contributed by atoms with E-state index in [0.717, 1.165) is 11.0 Å². The number of carboxylic acid groups (broad SMARTS) is 1. The molecule has 1 N–H and O–H groups in total. The monoisotopic (exact) mass is 276 g/mol. The van der Waals surface area contributed by atoms with E-state index in [4.69, 9.17) is 14.4 Å². The second-order valence-corrected chi connectivity index (χ2v) is 6.18. The zero-order chi connectivity index (χ0) is 15.0. The summed E-state index contributed by atoms with van der Waals surface area (Å²) in [6, 6.07) is 7.71.